The zero-order chi connectivity index (χ0) is 27.4. The molecule has 0 bridgehead atoms. The van der Waals surface area contributed by atoms with Gasteiger partial charge in [0.05, 0.1) is 29.3 Å². The number of rotatable bonds is 8. The van der Waals surface area contributed by atoms with Gasteiger partial charge in [0.25, 0.3) is 16.7 Å². The number of aromatic nitrogens is 2. The van der Waals surface area contributed by atoms with Gasteiger partial charge in [-0.25, -0.2) is 4.57 Å². The highest BCUT2D eigenvalue weighted by Gasteiger charge is 2.34. The number of carbonyl (C=O) groups is 2. The van der Waals surface area contributed by atoms with Crippen LogP contribution in [0.4, 0.5) is 4.79 Å². The van der Waals surface area contributed by atoms with Crippen LogP contribution in [-0.2, 0) is 4.79 Å². The second-order valence-electron chi connectivity index (χ2n) is 8.51. The van der Waals surface area contributed by atoms with Gasteiger partial charge in [-0.3, -0.25) is 29.3 Å². The smallest absolute Gasteiger partial charge is 0.293 e. The van der Waals surface area contributed by atoms with Crippen LogP contribution in [0.3, 0.4) is 0 Å². The molecule has 0 unspecified atom stereocenters. The van der Waals surface area contributed by atoms with Crippen molar-refractivity contribution in [2.24, 2.45) is 4.99 Å². The summed E-state index contributed by atoms with van der Waals surface area (Å²) in [7, 11) is 0. The molecule has 39 heavy (non-hydrogen) atoms. The number of imide groups is 1. The molecule has 10 heteroatoms. The van der Waals surface area contributed by atoms with Crippen LogP contribution in [0.5, 0.6) is 11.6 Å². The van der Waals surface area contributed by atoms with E-state index in [0.29, 0.717) is 39.3 Å². The standard InChI is InChI=1S/C29H24N4O5S/c1-2-38-21-11-9-20(10-12-21)33-26(34)23-8-4-3-7-22(23)24(27(33)35)18-31-14-15-32-28(36)25(39-29(32)37)16-19-6-5-13-30-17-19/h3-13,16-18,35H,2,14-15H2,1H3. The third-order valence-corrected chi connectivity index (χ3v) is 6.95. The Balaban J connectivity index is 1.40. The molecule has 1 saturated heterocycles. The first-order valence-electron chi connectivity index (χ1n) is 12.2. The molecule has 2 aromatic heterocycles. The highest BCUT2D eigenvalue weighted by Crippen LogP contribution is 2.32. The molecule has 0 aliphatic carbocycles. The van der Waals surface area contributed by atoms with Crippen molar-refractivity contribution in [3.63, 3.8) is 0 Å². The van der Waals surface area contributed by atoms with Crippen molar-refractivity contribution < 1.29 is 19.4 Å². The number of thioether (sulfide) groups is 1. The Morgan fingerprint density at radius 1 is 1.03 bits per heavy atom. The van der Waals surface area contributed by atoms with Gasteiger partial charge >= 0.3 is 0 Å². The van der Waals surface area contributed by atoms with Gasteiger partial charge in [0.15, 0.2) is 0 Å². The average molecular weight is 541 g/mol. The van der Waals surface area contributed by atoms with Crippen LogP contribution in [-0.4, -0.2) is 56.6 Å². The minimum Gasteiger partial charge on any atom is -0.494 e. The molecule has 1 N–H and O–H groups in total. The number of carbonyl (C=O) groups excluding carboxylic acids is 2. The molecule has 0 radical (unpaired) electrons. The molecule has 0 saturated carbocycles. The number of nitrogens with zero attached hydrogens (tertiary/aromatic N) is 4. The maximum Gasteiger partial charge on any atom is 0.293 e. The first-order valence-corrected chi connectivity index (χ1v) is 13.0. The lowest BCUT2D eigenvalue weighted by molar-refractivity contribution is -0.122. The topological polar surface area (TPSA) is 114 Å². The summed E-state index contributed by atoms with van der Waals surface area (Å²) in [6.07, 6.45) is 6.34. The maximum absolute atomic E-state index is 13.3. The number of hydrogen-bond acceptors (Lipinski definition) is 8. The maximum atomic E-state index is 13.3. The first kappa shape index (κ1) is 25.9. The minimum absolute atomic E-state index is 0.0722. The SMILES string of the molecule is CCOc1ccc(-n2c(O)c(C=NCCN3C(=O)SC(=Cc4cccnc4)C3=O)c3ccccc3c2=O)cc1. The van der Waals surface area contributed by atoms with Crippen LogP contribution in [0.2, 0.25) is 0 Å². The third-order valence-electron chi connectivity index (χ3n) is 6.04. The molecule has 2 amide bonds. The van der Waals surface area contributed by atoms with Crippen molar-refractivity contribution >= 4 is 46.0 Å². The van der Waals surface area contributed by atoms with Crippen molar-refractivity contribution in [1.29, 1.82) is 0 Å². The largest absolute Gasteiger partial charge is 0.494 e. The van der Waals surface area contributed by atoms with Gasteiger partial charge < -0.3 is 9.84 Å². The summed E-state index contributed by atoms with van der Waals surface area (Å²) in [4.78, 5) is 48.4. The summed E-state index contributed by atoms with van der Waals surface area (Å²) in [5.74, 6) is -0.00227. The summed E-state index contributed by atoms with van der Waals surface area (Å²) in [5.41, 5.74) is 1.18. The van der Waals surface area contributed by atoms with E-state index in [-0.39, 0.29) is 35.7 Å². The van der Waals surface area contributed by atoms with Gasteiger partial charge in [-0.2, -0.15) is 0 Å². The lowest BCUT2D eigenvalue weighted by atomic mass is 10.1. The number of amides is 2. The number of ether oxygens (including phenoxy) is 1. The molecule has 3 heterocycles. The number of fused-ring (bicyclic) bond motifs is 1. The highest BCUT2D eigenvalue weighted by atomic mass is 32.2. The van der Waals surface area contributed by atoms with Crippen molar-refractivity contribution in [2.75, 3.05) is 19.7 Å². The molecule has 1 fully saturated rings. The summed E-state index contributed by atoms with van der Waals surface area (Å²) in [5, 5.41) is 11.7. The second kappa shape index (κ2) is 11.4. The van der Waals surface area contributed by atoms with E-state index in [9.17, 15) is 19.5 Å². The van der Waals surface area contributed by atoms with Gasteiger partial charge in [0.2, 0.25) is 5.88 Å². The van der Waals surface area contributed by atoms with Crippen LogP contribution in [0, 0.1) is 0 Å². The fourth-order valence-electron chi connectivity index (χ4n) is 4.21. The van der Waals surface area contributed by atoms with Crippen molar-refractivity contribution in [3.05, 3.63) is 99.4 Å². The number of benzene rings is 2. The molecule has 2 aromatic carbocycles. The lowest BCUT2D eigenvalue weighted by Gasteiger charge is -2.14. The van der Waals surface area contributed by atoms with E-state index in [1.54, 1.807) is 79.1 Å². The van der Waals surface area contributed by atoms with Gasteiger partial charge in [-0.05, 0) is 66.7 Å². The Morgan fingerprint density at radius 3 is 2.51 bits per heavy atom. The van der Waals surface area contributed by atoms with Crippen molar-refractivity contribution in [3.8, 4) is 17.3 Å². The Hall–Kier alpha value is -4.70. The predicted octanol–water partition coefficient (Wildman–Crippen LogP) is 4.65. The Kier molecular flexibility index (Phi) is 7.55. The highest BCUT2D eigenvalue weighted by molar-refractivity contribution is 8.18. The molecule has 9 nitrogen and oxygen atoms in total. The minimum atomic E-state index is -0.388. The fraction of sp³-hybridized carbons (Fsp3) is 0.138. The van der Waals surface area contributed by atoms with E-state index in [1.807, 2.05) is 6.92 Å². The summed E-state index contributed by atoms with van der Waals surface area (Å²) in [6, 6.07) is 17.4. The van der Waals surface area contributed by atoms with Crippen molar-refractivity contribution in [1.82, 2.24) is 14.5 Å². The Labute approximate surface area is 228 Å². The number of aliphatic imine (C=N–C) groups is 1. The number of aromatic hydroxyl groups is 1. The van der Waals surface area contributed by atoms with Gasteiger partial charge in [-0.1, -0.05) is 24.3 Å². The van der Waals surface area contributed by atoms with Gasteiger partial charge in [0.1, 0.15) is 5.75 Å². The predicted molar refractivity (Wildman–Crippen MR) is 152 cm³/mol. The van der Waals surface area contributed by atoms with Crippen LogP contribution < -0.4 is 10.3 Å². The quantitative estimate of drug-likeness (QED) is 0.256. The van der Waals surface area contributed by atoms with E-state index in [4.69, 9.17) is 4.74 Å². The monoisotopic (exact) mass is 540 g/mol. The van der Waals surface area contributed by atoms with Crippen LogP contribution in [0.25, 0.3) is 22.5 Å². The molecule has 1 aliphatic rings. The first-order chi connectivity index (χ1) is 19.0. The van der Waals surface area contributed by atoms with Crippen molar-refractivity contribution in [2.45, 2.75) is 6.92 Å². The Morgan fingerprint density at radius 2 is 1.79 bits per heavy atom. The molecule has 196 valence electrons. The van der Waals surface area contributed by atoms with Crippen LogP contribution in [0.1, 0.15) is 18.1 Å². The molecule has 1 aliphatic heterocycles. The summed E-state index contributed by atoms with van der Waals surface area (Å²) < 4.78 is 6.70. The molecule has 5 rings (SSSR count). The number of pyridine rings is 2. The van der Waals surface area contributed by atoms with Gasteiger partial charge in [-0.15, -0.1) is 0 Å². The third kappa shape index (κ3) is 5.32. The normalized spacial score (nSPS) is 14.7. The van der Waals surface area contributed by atoms with Crippen LogP contribution in [0.15, 0.2) is 87.7 Å². The van der Waals surface area contributed by atoms with E-state index in [2.05, 4.69) is 9.98 Å². The second-order valence-corrected chi connectivity index (χ2v) is 9.50. The Bertz CT molecular complexity index is 1660. The zero-order valence-corrected chi connectivity index (χ0v) is 21.8. The lowest BCUT2D eigenvalue weighted by Crippen LogP contribution is -2.30. The molecule has 4 aromatic rings. The molecular weight excluding hydrogens is 516 g/mol. The summed E-state index contributed by atoms with van der Waals surface area (Å²) in [6.45, 7) is 2.58. The zero-order valence-electron chi connectivity index (χ0n) is 21.0. The molecule has 0 atom stereocenters. The van der Waals surface area contributed by atoms with Crippen LogP contribution >= 0.6 is 11.8 Å². The van der Waals surface area contributed by atoms with E-state index < -0.39 is 0 Å². The number of hydrogen-bond donors (Lipinski definition) is 1. The fourth-order valence-corrected chi connectivity index (χ4v) is 5.07. The molecular formula is C29H24N4O5S. The summed E-state index contributed by atoms with van der Waals surface area (Å²) >= 11 is 0.872. The van der Waals surface area contributed by atoms with E-state index in [1.165, 1.54) is 10.8 Å². The van der Waals surface area contributed by atoms with Gasteiger partial charge in [0, 0.05) is 35.9 Å². The van der Waals surface area contributed by atoms with E-state index >= 15 is 0 Å². The average Bonchev–Trinajstić information content (AvgIpc) is 3.21. The van der Waals surface area contributed by atoms with E-state index in [0.717, 1.165) is 22.2 Å². The molecule has 0 spiro atoms.